The molecule has 4 N–H and O–H groups in total. The van der Waals surface area contributed by atoms with E-state index in [1.165, 1.54) is 0 Å². The monoisotopic (exact) mass is 485 g/mol. The molecule has 6 rings (SSSR count). The second-order valence-electron chi connectivity index (χ2n) is 9.67. The predicted octanol–water partition coefficient (Wildman–Crippen LogP) is 1.84. The lowest BCUT2D eigenvalue weighted by Gasteiger charge is -2.23. The normalized spacial score (nSPS) is 26.6. The Morgan fingerprint density at radius 1 is 1.19 bits per heavy atom. The highest BCUT2D eigenvalue weighted by Crippen LogP contribution is 2.67. The van der Waals surface area contributed by atoms with E-state index in [1.807, 2.05) is 43.3 Å². The zero-order valence-corrected chi connectivity index (χ0v) is 20.0. The number of pyridine rings is 1. The van der Waals surface area contributed by atoms with Crippen LogP contribution in [0.2, 0.25) is 0 Å². The number of aliphatic hydroxyl groups is 2. The van der Waals surface area contributed by atoms with Crippen molar-refractivity contribution >= 4 is 22.9 Å². The molecular weight excluding hydrogens is 458 g/mol. The first kappa shape index (κ1) is 22.6. The molecule has 184 valence electrons. The maximum Gasteiger partial charge on any atom is 0.229 e. The van der Waals surface area contributed by atoms with Crippen LogP contribution in [0.4, 0.5) is 5.82 Å². The van der Waals surface area contributed by atoms with Crippen LogP contribution in [0.25, 0.3) is 22.6 Å². The van der Waals surface area contributed by atoms with Crippen molar-refractivity contribution in [3.05, 3.63) is 66.2 Å². The first-order chi connectivity index (χ1) is 17.4. The van der Waals surface area contributed by atoms with Gasteiger partial charge in [0.2, 0.25) is 5.91 Å². The van der Waals surface area contributed by atoms with Gasteiger partial charge in [0.25, 0.3) is 0 Å². The third-order valence-corrected chi connectivity index (χ3v) is 7.50. The SMILES string of the molecule is CNC(=O)[C@@]12C[C@@H]1C(n1cnc3c(NCc4ccccc4)nc(-c4cncc(C)c4)nc31)[C@H](O)[C@@H]2O. The molecule has 0 aliphatic heterocycles. The van der Waals surface area contributed by atoms with E-state index in [4.69, 9.17) is 9.97 Å². The summed E-state index contributed by atoms with van der Waals surface area (Å²) in [7, 11) is 1.55. The van der Waals surface area contributed by atoms with Gasteiger partial charge >= 0.3 is 0 Å². The van der Waals surface area contributed by atoms with Crippen LogP contribution >= 0.6 is 0 Å². The predicted molar refractivity (Wildman–Crippen MR) is 133 cm³/mol. The fourth-order valence-corrected chi connectivity index (χ4v) is 5.63. The largest absolute Gasteiger partial charge is 0.389 e. The zero-order chi connectivity index (χ0) is 25.0. The van der Waals surface area contributed by atoms with E-state index in [0.717, 1.165) is 16.7 Å². The van der Waals surface area contributed by atoms with Gasteiger partial charge in [-0.05, 0) is 30.5 Å². The van der Waals surface area contributed by atoms with Gasteiger partial charge in [0.15, 0.2) is 17.3 Å². The van der Waals surface area contributed by atoms with Crippen LogP contribution in [0, 0.1) is 18.3 Å². The van der Waals surface area contributed by atoms with Crippen molar-refractivity contribution in [3.63, 3.8) is 0 Å². The van der Waals surface area contributed by atoms with E-state index in [9.17, 15) is 15.0 Å². The topological polar surface area (TPSA) is 138 Å². The Hall–Kier alpha value is -3.89. The van der Waals surface area contributed by atoms with E-state index in [1.54, 1.807) is 30.3 Å². The van der Waals surface area contributed by atoms with E-state index in [-0.39, 0.29) is 11.8 Å². The van der Waals surface area contributed by atoms with Crippen LogP contribution in [0.15, 0.2) is 55.1 Å². The summed E-state index contributed by atoms with van der Waals surface area (Å²) in [6, 6.07) is 11.4. The number of amides is 1. The summed E-state index contributed by atoms with van der Waals surface area (Å²) in [4.78, 5) is 31.1. The second-order valence-corrected chi connectivity index (χ2v) is 9.67. The van der Waals surface area contributed by atoms with E-state index >= 15 is 0 Å². The lowest BCUT2D eigenvalue weighted by Crippen LogP contribution is -2.41. The average molecular weight is 486 g/mol. The number of carbonyl (C=O) groups is 1. The Bertz CT molecular complexity index is 1460. The van der Waals surface area contributed by atoms with E-state index in [0.29, 0.717) is 35.8 Å². The molecule has 1 amide bonds. The van der Waals surface area contributed by atoms with Gasteiger partial charge in [0.1, 0.15) is 11.6 Å². The number of hydrogen-bond acceptors (Lipinski definition) is 8. The number of fused-ring (bicyclic) bond motifs is 2. The Kier molecular flexibility index (Phi) is 5.24. The minimum atomic E-state index is -1.16. The maximum atomic E-state index is 12.6. The number of hydrogen-bond donors (Lipinski definition) is 4. The van der Waals surface area contributed by atoms with Crippen LogP contribution < -0.4 is 10.6 Å². The van der Waals surface area contributed by atoms with Crippen molar-refractivity contribution in [2.24, 2.45) is 11.3 Å². The first-order valence-corrected chi connectivity index (χ1v) is 12.0. The van der Waals surface area contributed by atoms with Gasteiger partial charge in [-0.25, -0.2) is 15.0 Å². The number of anilines is 1. The molecule has 3 aromatic heterocycles. The summed E-state index contributed by atoms with van der Waals surface area (Å²) in [5.74, 6) is 0.551. The minimum Gasteiger partial charge on any atom is -0.389 e. The molecule has 2 saturated carbocycles. The molecule has 4 aromatic rings. The van der Waals surface area contributed by atoms with Crippen molar-refractivity contribution in [2.45, 2.75) is 38.1 Å². The zero-order valence-electron chi connectivity index (χ0n) is 20.0. The van der Waals surface area contributed by atoms with Crippen LogP contribution in [0.1, 0.15) is 23.6 Å². The van der Waals surface area contributed by atoms with E-state index < -0.39 is 23.7 Å². The molecule has 5 atom stereocenters. The Labute approximate surface area is 207 Å². The molecule has 0 bridgehead atoms. The molecule has 10 nitrogen and oxygen atoms in total. The fourth-order valence-electron chi connectivity index (χ4n) is 5.63. The Balaban J connectivity index is 1.45. The molecule has 2 fully saturated rings. The van der Waals surface area contributed by atoms with Crippen LogP contribution in [0.3, 0.4) is 0 Å². The molecule has 2 aliphatic rings. The molecule has 0 saturated heterocycles. The van der Waals surface area contributed by atoms with Crippen LogP contribution in [0.5, 0.6) is 0 Å². The number of imidazole rings is 1. The Morgan fingerprint density at radius 2 is 2.00 bits per heavy atom. The summed E-state index contributed by atoms with van der Waals surface area (Å²) < 4.78 is 1.79. The molecule has 1 aromatic carbocycles. The summed E-state index contributed by atoms with van der Waals surface area (Å²) in [5, 5.41) is 27.9. The third-order valence-electron chi connectivity index (χ3n) is 7.50. The lowest BCUT2D eigenvalue weighted by molar-refractivity contribution is -0.132. The van der Waals surface area contributed by atoms with Crippen LogP contribution in [-0.2, 0) is 11.3 Å². The summed E-state index contributed by atoms with van der Waals surface area (Å²) >= 11 is 0. The minimum absolute atomic E-state index is 0.223. The standard InChI is InChI=1S/C26H27N7O3/c1-14-8-16(12-28-10-14)22-31-23(29-11-15-6-4-3-5-7-15)18-24(32-22)33(13-30-18)19-17-9-26(17,25(36)27-2)21(35)20(19)34/h3-8,10,12-13,17,19-21,34-35H,9,11H2,1-2H3,(H,27,36)(H,29,31,32)/t17-,19?,20+,21+,26+/m1/s1. The number of aryl methyl sites for hydroxylation is 1. The maximum absolute atomic E-state index is 12.6. The molecule has 2 aliphatic carbocycles. The molecule has 36 heavy (non-hydrogen) atoms. The van der Waals surface area contributed by atoms with Gasteiger partial charge in [0.05, 0.1) is 23.9 Å². The van der Waals surface area contributed by atoms with Gasteiger partial charge < -0.3 is 25.4 Å². The number of benzene rings is 1. The summed E-state index contributed by atoms with van der Waals surface area (Å²) in [5.41, 5.74) is 2.91. The van der Waals surface area contributed by atoms with Crippen molar-refractivity contribution < 1.29 is 15.0 Å². The highest BCUT2D eigenvalue weighted by Gasteiger charge is 2.75. The highest BCUT2D eigenvalue weighted by atomic mass is 16.3. The molecular formula is C26H27N7O3. The molecule has 1 unspecified atom stereocenters. The third kappa shape index (κ3) is 3.36. The van der Waals surface area contributed by atoms with Gasteiger partial charge in [-0.1, -0.05) is 30.3 Å². The van der Waals surface area contributed by atoms with Gasteiger partial charge in [-0.3, -0.25) is 9.78 Å². The lowest BCUT2D eigenvalue weighted by atomic mass is 9.98. The number of aromatic nitrogens is 5. The average Bonchev–Trinajstić information content (AvgIpc) is 3.43. The number of rotatable bonds is 6. The van der Waals surface area contributed by atoms with Gasteiger partial charge in [-0.2, -0.15) is 0 Å². The summed E-state index contributed by atoms with van der Waals surface area (Å²) in [6.45, 7) is 2.49. The van der Waals surface area contributed by atoms with E-state index in [2.05, 4.69) is 20.6 Å². The number of nitrogens with one attached hydrogen (secondary N) is 2. The molecule has 0 spiro atoms. The number of nitrogens with zero attached hydrogens (tertiary/aromatic N) is 5. The van der Waals surface area contributed by atoms with Gasteiger partial charge in [-0.15, -0.1) is 0 Å². The summed E-state index contributed by atoms with van der Waals surface area (Å²) in [6.07, 6.45) is 3.30. The fraction of sp³-hybridized carbons (Fsp3) is 0.346. The second kappa shape index (κ2) is 8.35. The van der Waals surface area contributed by atoms with Crippen molar-refractivity contribution in [2.75, 3.05) is 12.4 Å². The molecule has 0 radical (unpaired) electrons. The van der Waals surface area contributed by atoms with Crippen LogP contribution in [-0.4, -0.2) is 59.9 Å². The van der Waals surface area contributed by atoms with Crippen molar-refractivity contribution in [3.8, 4) is 11.4 Å². The van der Waals surface area contributed by atoms with Crippen molar-refractivity contribution in [1.29, 1.82) is 0 Å². The number of carbonyl (C=O) groups excluding carboxylic acids is 1. The van der Waals surface area contributed by atoms with Crippen molar-refractivity contribution in [1.82, 2.24) is 29.8 Å². The smallest absolute Gasteiger partial charge is 0.229 e. The molecule has 10 heteroatoms. The molecule has 3 heterocycles. The highest BCUT2D eigenvalue weighted by molar-refractivity contribution is 5.88. The quantitative estimate of drug-likeness (QED) is 0.325. The first-order valence-electron chi connectivity index (χ1n) is 12.0. The Morgan fingerprint density at radius 3 is 2.75 bits per heavy atom. The van der Waals surface area contributed by atoms with Gasteiger partial charge in [0, 0.05) is 37.5 Å². The number of aliphatic hydroxyl groups excluding tert-OH is 2.